The summed E-state index contributed by atoms with van der Waals surface area (Å²) >= 11 is 3.38. The molecule has 2 aromatic rings. The van der Waals surface area contributed by atoms with Gasteiger partial charge in [-0.25, -0.2) is 4.39 Å². The lowest BCUT2D eigenvalue weighted by Crippen LogP contribution is -2.06. The molecule has 0 radical (unpaired) electrons. The van der Waals surface area contributed by atoms with Gasteiger partial charge in [0.05, 0.1) is 11.9 Å². The lowest BCUT2D eigenvalue weighted by Gasteiger charge is -2.16. The van der Waals surface area contributed by atoms with E-state index in [-0.39, 0.29) is 11.5 Å². The molecule has 0 spiro atoms. The minimum absolute atomic E-state index is 0.0469. The van der Waals surface area contributed by atoms with Crippen molar-refractivity contribution in [3.63, 3.8) is 0 Å². The van der Waals surface area contributed by atoms with Crippen molar-refractivity contribution in [2.75, 3.05) is 7.11 Å². The molecule has 1 unspecified atom stereocenters. The number of alkyl halides is 3. The first-order valence-corrected chi connectivity index (χ1v) is 6.95. The van der Waals surface area contributed by atoms with Crippen molar-refractivity contribution in [2.24, 2.45) is 0 Å². The fraction of sp³-hybridized carbons (Fsp3) is 0.200. The molecule has 2 aromatic carbocycles. The molecule has 6 heteroatoms. The largest absolute Gasteiger partial charge is 0.494 e. The van der Waals surface area contributed by atoms with E-state index in [1.54, 1.807) is 24.3 Å². The van der Waals surface area contributed by atoms with Gasteiger partial charge in [0.15, 0.2) is 11.6 Å². The lowest BCUT2D eigenvalue weighted by molar-refractivity contribution is -0.0503. The van der Waals surface area contributed by atoms with Gasteiger partial charge in [-0.2, -0.15) is 8.78 Å². The number of benzene rings is 2. The second kappa shape index (κ2) is 6.85. The van der Waals surface area contributed by atoms with Gasteiger partial charge in [0, 0.05) is 5.56 Å². The van der Waals surface area contributed by atoms with Crippen molar-refractivity contribution in [1.82, 2.24) is 0 Å². The van der Waals surface area contributed by atoms with Crippen molar-refractivity contribution in [1.29, 1.82) is 0 Å². The van der Waals surface area contributed by atoms with Gasteiger partial charge in [-0.1, -0.05) is 40.2 Å². The number of methoxy groups -OCH3 is 1. The second-order valence-corrected chi connectivity index (χ2v) is 5.09. The van der Waals surface area contributed by atoms with Gasteiger partial charge < -0.3 is 9.47 Å². The Labute approximate surface area is 128 Å². The zero-order valence-electron chi connectivity index (χ0n) is 11.0. The van der Waals surface area contributed by atoms with Crippen LogP contribution in [-0.4, -0.2) is 13.7 Å². The normalized spacial score (nSPS) is 12.3. The van der Waals surface area contributed by atoms with Crippen LogP contribution in [-0.2, 0) is 0 Å². The first kappa shape index (κ1) is 15.7. The Bertz CT molecular complexity index is 620. The maximum atomic E-state index is 13.7. The minimum Gasteiger partial charge on any atom is -0.494 e. The molecule has 2 nitrogen and oxygen atoms in total. The van der Waals surface area contributed by atoms with Crippen molar-refractivity contribution < 1.29 is 22.6 Å². The number of rotatable bonds is 5. The third-order valence-corrected chi connectivity index (χ3v) is 3.90. The van der Waals surface area contributed by atoms with Crippen LogP contribution in [0, 0.1) is 5.82 Å². The highest BCUT2D eigenvalue weighted by Gasteiger charge is 2.18. The zero-order chi connectivity index (χ0) is 15.4. The van der Waals surface area contributed by atoms with E-state index in [1.807, 2.05) is 0 Å². The fourth-order valence-corrected chi connectivity index (χ4v) is 2.58. The first-order valence-electron chi connectivity index (χ1n) is 6.04. The van der Waals surface area contributed by atoms with Gasteiger partial charge in [0.1, 0.15) is 5.75 Å². The zero-order valence-corrected chi connectivity index (χ0v) is 12.6. The van der Waals surface area contributed by atoms with Crippen LogP contribution in [0.5, 0.6) is 11.5 Å². The highest BCUT2D eigenvalue weighted by atomic mass is 79.9. The maximum absolute atomic E-state index is 13.7. The predicted octanol–water partition coefficient (Wildman–Crippen LogP) is 4.92. The number of hydrogen-bond acceptors (Lipinski definition) is 2. The summed E-state index contributed by atoms with van der Waals surface area (Å²) in [6.07, 6.45) is 0. The Morgan fingerprint density at radius 2 is 1.76 bits per heavy atom. The number of halogens is 4. The van der Waals surface area contributed by atoms with Crippen molar-refractivity contribution in [3.05, 3.63) is 59.4 Å². The predicted molar refractivity (Wildman–Crippen MR) is 76.8 cm³/mol. The van der Waals surface area contributed by atoms with E-state index in [1.165, 1.54) is 25.3 Å². The lowest BCUT2D eigenvalue weighted by atomic mass is 10.0. The highest BCUT2D eigenvalue weighted by Crippen LogP contribution is 2.38. The molecule has 21 heavy (non-hydrogen) atoms. The molecule has 0 saturated carbocycles. The summed E-state index contributed by atoms with van der Waals surface area (Å²) in [7, 11) is 1.37. The second-order valence-electron chi connectivity index (χ2n) is 4.17. The molecule has 0 aliphatic heterocycles. The average molecular weight is 361 g/mol. The third kappa shape index (κ3) is 3.69. The summed E-state index contributed by atoms with van der Waals surface area (Å²) in [6.45, 7) is -2.92. The van der Waals surface area contributed by atoms with Crippen LogP contribution < -0.4 is 9.47 Å². The number of para-hydroxylation sites is 1. The average Bonchev–Trinajstić information content (AvgIpc) is 2.46. The van der Waals surface area contributed by atoms with E-state index in [0.717, 1.165) is 0 Å². The number of hydrogen-bond donors (Lipinski definition) is 0. The fourth-order valence-electron chi connectivity index (χ4n) is 1.91. The van der Waals surface area contributed by atoms with Crippen molar-refractivity contribution in [3.8, 4) is 11.5 Å². The Morgan fingerprint density at radius 3 is 2.38 bits per heavy atom. The van der Waals surface area contributed by atoms with E-state index in [9.17, 15) is 13.2 Å². The molecule has 112 valence electrons. The Morgan fingerprint density at radius 1 is 1.05 bits per heavy atom. The van der Waals surface area contributed by atoms with E-state index < -0.39 is 17.3 Å². The molecule has 0 amide bonds. The molecule has 0 aromatic heterocycles. The molecule has 0 fully saturated rings. The summed E-state index contributed by atoms with van der Waals surface area (Å²) in [6, 6.07) is 10.8. The molecular weight excluding hydrogens is 349 g/mol. The molecular formula is C15H12BrF3O2. The summed E-state index contributed by atoms with van der Waals surface area (Å²) in [5.74, 6) is -0.354. The van der Waals surface area contributed by atoms with Crippen LogP contribution in [0.2, 0.25) is 0 Å². The first-order chi connectivity index (χ1) is 10.0. The van der Waals surface area contributed by atoms with Gasteiger partial charge in [0.25, 0.3) is 0 Å². The van der Waals surface area contributed by atoms with Crippen LogP contribution >= 0.6 is 15.9 Å². The summed E-state index contributed by atoms with van der Waals surface area (Å²) in [5, 5.41) is 0. The van der Waals surface area contributed by atoms with Crippen LogP contribution in [0.15, 0.2) is 42.5 Å². The van der Waals surface area contributed by atoms with Gasteiger partial charge in [-0.05, 0) is 23.8 Å². The molecule has 0 bridgehead atoms. The van der Waals surface area contributed by atoms with E-state index in [4.69, 9.17) is 4.74 Å². The van der Waals surface area contributed by atoms with Crippen LogP contribution in [0.25, 0.3) is 0 Å². The van der Waals surface area contributed by atoms with Gasteiger partial charge in [-0.15, -0.1) is 0 Å². The topological polar surface area (TPSA) is 18.5 Å². The smallest absolute Gasteiger partial charge is 0.387 e. The van der Waals surface area contributed by atoms with Crippen LogP contribution in [0.1, 0.15) is 16.0 Å². The molecule has 0 aliphatic carbocycles. The maximum Gasteiger partial charge on any atom is 0.387 e. The highest BCUT2D eigenvalue weighted by molar-refractivity contribution is 9.09. The van der Waals surface area contributed by atoms with Crippen LogP contribution in [0.3, 0.4) is 0 Å². The van der Waals surface area contributed by atoms with Gasteiger partial charge in [-0.3, -0.25) is 0 Å². The quantitative estimate of drug-likeness (QED) is 0.704. The van der Waals surface area contributed by atoms with Gasteiger partial charge >= 0.3 is 6.61 Å². The van der Waals surface area contributed by atoms with E-state index in [0.29, 0.717) is 11.1 Å². The SMILES string of the molecule is COc1ccc(C(Br)c2ccccc2OC(F)F)cc1F. The Balaban J connectivity index is 2.35. The summed E-state index contributed by atoms with van der Waals surface area (Å²) in [4.78, 5) is -0.479. The van der Waals surface area contributed by atoms with E-state index >= 15 is 0 Å². The monoisotopic (exact) mass is 360 g/mol. The molecule has 0 aliphatic rings. The molecule has 0 N–H and O–H groups in total. The summed E-state index contributed by atoms with van der Waals surface area (Å²) < 4.78 is 47.9. The molecule has 1 atom stereocenters. The standard InChI is InChI=1S/C15H12BrF3O2/c1-20-13-7-6-9(8-11(13)17)14(16)10-4-2-3-5-12(10)21-15(18)19/h2-8,14-15H,1H3. The van der Waals surface area contributed by atoms with Crippen molar-refractivity contribution >= 4 is 15.9 Å². The minimum atomic E-state index is -2.92. The summed E-state index contributed by atoms with van der Waals surface area (Å²) in [5.41, 5.74) is 1.06. The van der Waals surface area contributed by atoms with E-state index in [2.05, 4.69) is 20.7 Å². The Hall–Kier alpha value is -1.69. The third-order valence-electron chi connectivity index (χ3n) is 2.88. The molecule has 0 heterocycles. The molecule has 0 saturated heterocycles. The molecule has 2 rings (SSSR count). The Kier molecular flexibility index (Phi) is 5.12. The van der Waals surface area contributed by atoms with Crippen molar-refractivity contribution in [2.45, 2.75) is 11.4 Å². The number of ether oxygens (including phenoxy) is 2. The van der Waals surface area contributed by atoms with Gasteiger partial charge in [0.2, 0.25) is 0 Å². The van der Waals surface area contributed by atoms with Crippen LogP contribution in [0.4, 0.5) is 13.2 Å².